The predicted octanol–water partition coefficient (Wildman–Crippen LogP) is 0.928. The van der Waals surface area contributed by atoms with Gasteiger partial charge < -0.3 is 9.47 Å². The van der Waals surface area contributed by atoms with Crippen LogP contribution >= 0.6 is 0 Å². The number of piperidine rings is 1. The Labute approximate surface area is 137 Å². The first kappa shape index (κ1) is 16.2. The topological polar surface area (TPSA) is 58.4 Å². The van der Waals surface area contributed by atoms with Crippen LogP contribution in [0.3, 0.4) is 0 Å². The standard InChI is InChI=1S/C17H26N4O2/c1-12(2)21-8-5-4-6-15(21)17(23)20-9-7-13-14(10-20)18-11-19(3)16(13)22/h11-12,15H,4-10H2,1-3H3/t15-/m0/s1. The van der Waals surface area contributed by atoms with Crippen LogP contribution in [-0.4, -0.2) is 50.4 Å². The maximum Gasteiger partial charge on any atom is 0.256 e. The van der Waals surface area contributed by atoms with Gasteiger partial charge in [-0.1, -0.05) is 6.42 Å². The monoisotopic (exact) mass is 318 g/mol. The average Bonchev–Trinajstić information content (AvgIpc) is 2.57. The van der Waals surface area contributed by atoms with Crippen LogP contribution in [0.4, 0.5) is 0 Å². The van der Waals surface area contributed by atoms with E-state index in [1.807, 2.05) is 4.90 Å². The van der Waals surface area contributed by atoms with Crippen molar-refractivity contribution in [3.63, 3.8) is 0 Å². The van der Waals surface area contributed by atoms with Gasteiger partial charge in [-0.05, 0) is 39.7 Å². The van der Waals surface area contributed by atoms with Crippen molar-refractivity contribution in [1.82, 2.24) is 19.4 Å². The highest BCUT2D eigenvalue weighted by molar-refractivity contribution is 5.82. The van der Waals surface area contributed by atoms with Crippen LogP contribution in [0.1, 0.15) is 44.4 Å². The molecule has 0 aliphatic carbocycles. The minimum Gasteiger partial charge on any atom is -0.335 e. The van der Waals surface area contributed by atoms with E-state index in [0.717, 1.165) is 30.6 Å². The number of hydrogen-bond acceptors (Lipinski definition) is 4. The van der Waals surface area contributed by atoms with Gasteiger partial charge in [-0.3, -0.25) is 14.5 Å². The molecule has 1 amide bonds. The normalized spacial score (nSPS) is 22.3. The van der Waals surface area contributed by atoms with Crippen molar-refractivity contribution in [3.05, 3.63) is 27.9 Å². The zero-order valence-electron chi connectivity index (χ0n) is 14.3. The van der Waals surface area contributed by atoms with Crippen molar-refractivity contribution in [2.75, 3.05) is 13.1 Å². The Morgan fingerprint density at radius 2 is 2.09 bits per heavy atom. The van der Waals surface area contributed by atoms with Gasteiger partial charge in [-0.2, -0.15) is 0 Å². The smallest absolute Gasteiger partial charge is 0.256 e. The highest BCUT2D eigenvalue weighted by Crippen LogP contribution is 2.23. The molecule has 1 atom stereocenters. The van der Waals surface area contributed by atoms with Gasteiger partial charge in [0.05, 0.1) is 24.6 Å². The molecule has 0 aromatic carbocycles. The van der Waals surface area contributed by atoms with Gasteiger partial charge in [0.15, 0.2) is 0 Å². The molecule has 0 saturated carbocycles. The van der Waals surface area contributed by atoms with Crippen molar-refractivity contribution in [2.24, 2.45) is 7.05 Å². The second-order valence-electron chi connectivity index (χ2n) is 6.94. The Kier molecular flexibility index (Phi) is 4.53. The van der Waals surface area contributed by atoms with E-state index in [4.69, 9.17) is 0 Å². The number of hydrogen-bond donors (Lipinski definition) is 0. The molecule has 126 valence electrons. The van der Waals surface area contributed by atoms with E-state index in [1.165, 1.54) is 11.0 Å². The van der Waals surface area contributed by atoms with E-state index in [-0.39, 0.29) is 17.5 Å². The fraction of sp³-hybridized carbons (Fsp3) is 0.706. The second-order valence-corrected chi connectivity index (χ2v) is 6.94. The molecule has 1 fully saturated rings. The largest absolute Gasteiger partial charge is 0.335 e. The number of carbonyl (C=O) groups is 1. The minimum absolute atomic E-state index is 0.0168. The molecule has 23 heavy (non-hydrogen) atoms. The summed E-state index contributed by atoms with van der Waals surface area (Å²) in [6.45, 7) is 6.39. The van der Waals surface area contributed by atoms with Gasteiger partial charge in [0.1, 0.15) is 0 Å². The molecule has 6 nitrogen and oxygen atoms in total. The SMILES string of the molecule is CC(C)N1CCCC[C@H]1C(=O)N1CCc2c(ncn(C)c2=O)C1. The van der Waals surface area contributed by atoms with E-state index < -0.39 is 0 Å². The van der Waals surface area contributed by atoms with E-state index in [0.29, 0.717) is 25.6 Å². The quantitative estimate of drug-likeness (QED) is 0.814. The van der Waals surface area contributed by atoms with Crippen molar-refractivity contribution in [3.8, 4) is 0 Å². The van der Waals surface area contributed by atoms with Gasteiger partial charge in [0, 0.05) is 25.2 Å². The molecule has 1 aromatic rings. The zero-order chi connectivity index (χ0) is 16.6. The van der Waals surface area contributed by atoms with E-state index >= 15 is 0 Å². The van der Waals surface area contributed by atoms with E-state index in [1.54, 1.807) is 13.4 Å². The Hall–Kier alpha value is -1.69. The molecule has 0 radical (unpaired) electrons. The fourth-order valence-corrected chi connectivity index (χ4v) is 3.75. The average molecular weight is 318 g/mol. The Morgan fingerprint density at radius 1 is 1.30 bits per heavy atom. The molecule has 1 saturated heterocycles. The third-order valence-corrected chi connectivity index (χ3v) is 5.09. The third-order valence-electron chi connectivity index (χ3n) is 5.09. The molecule has 2 aliphatic rings. The molecular weight excluding hydrogens is 292 g/mol. The van der Waals surface area contributed by atoms with Crippen LogP contribution in [0.5, 0.6) is 0 Å². The highest BCUT2D eigenvalue weighted by Gasteiger charge is 2.35. The molecule has 3 heterocycles. The second kappa shape index (κ2) is 6.43. The van der Waals surface area contributed by atoms with Crippen LogP contribution in [0.2, 0.25) is 0 Å². The zero-order valence-corrected chi connectivity index (χ0v) is 14.3. The first-order valence-electron chi connectivity index (χ1n) is 8.57. The molecular formula is C17H26N4O2. The maximum absolute atomic E-state index is 13.0. The van der Waals surface area contributed by atoms with Crippen LogP contribution in [0, 0.1) is 0 Å². The van der Waals surface area contributed by atoms with Gasteiger partial charge in [-0.15, -0.1) is 0 Å². The Bertz CT molecular complexity index is 652. The lowest BCUT2D eigenvalue weighted by Crippen LogP contribution is -2.54. The lowest BCUT2D eigenvalue weighted by Gasteiger charge is -2.40. The summed E-state index contributed by atoms with van der Waals surface area (Å²) in [5.74, 6) is 0.200. The van der Waals surface area contributed by atoms with Crippen LogP contribution < -0.4 is 5.56 Å². The first-order chi connectivity index (χ1) is 11.0. The summed E-state index contributed by atoms with van der Waals surface area (Å²) in [5, 5.41) is 0. The first-order valence-corrected chi connectivity index (χ1v) is 8.57. The van der Waals surface area contributed by atoms with Gasteiger partial charge >= 0.3 is 0 Å². The minimum atomic E-state index is -0.0168. The molecule has 6 heteroatoms. The lowest BCUT2D eigenvalue weighted by molar-refractivity contribution is -0.140. The van der Waals surface area contributed by atoms with Crippen molar-refractivity contribution in [2.45, 2.75) is 58.2 Å². The lowest BCUT2D eigenvalue weighted by atomic mass is 9.97. The molecule has 0 bridgehead atoms. The van der Waals surface area contributed by atoms with Crippen LogP contribution in [-0.2, 0) is 24.8 Å². The summed E-state index contributed by atoms with van der Waals surface area (Å²) >= 11 is 0. The van der Waals surface area contributed by atoms with E-state index in [2.05, 4.69) is 23.7 Å². The van der Waals surface area contributed by atoms with Crippen molar-refractivity contribution < 1.29 is 4.79 Å². The number of carbonyl (C=O) groups excluding carboxylic acids is 1. The third kappa shape index (κ3) is 3.04. The number of likely N-dealkylation sites (tertiary alicyclic amines) is 1. The number of aryl methyl sites for hydroxylation is 1. The Morgan fingerprint density at radius 3 is 2.83 bits per heavy atom. The maximum atomic E-state index is 13.0. The molecule has 2 aliphatic heterocycles. The summed E-state index contributed by atoms with van der Waals surface area (Å²) in [5.41, 5.74) is 1.55. The fourth-order valence-electron chi connectivity index (χ4n) is 3.75. The molecule has 1 aromatic heterocycles. The predicted molar refractivity (Wildman–Crippen MR) is 88.1 cm³/mol. The number of aromatic nitrogens is 2. The van der Waals surface area contributed by atoms with Gasteiger partial charge in [0.25, 0.3) is 5.56 Å². The van der Waals surface area contributed by atoms with Crippen LogP contribution in [0.15, 0.2) is 11.1 Å². The van der Waals surface area contributed by atoms with Crippen molar-refractivity contribution in [1.29, 1.82) is 0 Å². The highest BCUT2D eigenvalue weighted by atomic mass is 16.2. The molecule has 0 unspecified atom stereocenters. The van der Waals surface area contributed by atoms with E-state index in [9.17, 15) is 9.59 Å². The molecule has 0 N–H and O–H groups in total. The molecule has 0 spiro atoms. The summed E-state index contributed by atoms with van der Waals surface area (Å²) in [4.78, 5) is 33.7. The van der Waals surface area contributed by atoms with Gasteiger partial charge in [-0.25, -0.2) is 4.98 Å². The van der Waals surface area contributed by atoms with Gasteiger partial charge in [0.2, 0.25) is 5.91 Å². The van der Waals surface area contributed by atoms with Crippen LogP contribution in [0.25, 0.3) is 0 Å². The summed E-state index contributed by atoms with van der Waals surface area (Å²) in [6, 6.07) is 0.364. The summed E-state index contributed by atoms with van der Waals surface area (Å²) < 4.78 is 1.51. The number of nitrogens with zero attached hydrogens (tertiary/aromatic N) is 4. The number of fused-ring (bicyclic) bond motifs is 1. The summed E-state index contributed by atoms with van der Waals surface area (Å²) in [7, 11) is 1.72. The molecule has 3 rings (SSSR count). The number of rotatable bonds is 2. The summed E-state index contributed by atoms with van der Waals surface area (Å²) in [6.07, 6.45) is 5.38. The van der Waals surface area contributed by atoms with Crippen molar-refractivity contribution >= 4 is 5.91 Å². The Balaban J connectivity index is 1.79. The number of amides is 1.